The van der Waals surface area contributed by atoms with Crippen LogP contribution in [0.4, 0.5) is 5.69 Å². The molecule has 27 heavy (non-hydrogen) atoms. The van der Waals surface area contributed by atoms with E-state index >= 15 is 0 Å². The number of allylic oxidation sites excluding steroid dienone is 3. The lowest BCUT2D eigenvalue weighted by molar-refractivity contribution is 0.244. The van der Waals surface area contributed by atoms with Crippen LogP contribution in [-0.4, -0.2) is 6.73 Å². The zero-order valence-corrected chi connectivity index (χ0v) is 17.6. The molecule has 2 heteroatoms. The number of benzene rings is 2. The summed E-state index contributed by atoms with van der Waals surface area (Å²) in [6.07, 6.45) is 4.93. The Morgan fingerprint density at radius 1 is 0.926 bits per heavy atom. The minimum absolute atomic E-state index is 0.201. The molecule has 0 bridgehead atoms. The summed E-state index contributed by atoms with van der Waals surface area (Å²) in [6.45, 7) is 13.3. The summed E-state index contributed by atoms with van der Waals surface area (Å²) in [7, 11) is 0. The maximum Gasteiger partial charge on any atom is 0.159 e. The number of anilines is 1. The van der Waals surface area contributed by atoms with E-state index in [1.54, 1.807) is 0 Å². The number of rotatable bonds is 7. The Kier molecular flexibility index (Phi) is 7.29. The first kappa shape index (κ1) is 20.8. The van der Waals surface area contributed by atoms with Crippen molar-refractivity contribution >= 4 is 5.69 Å². The van der Waals surface area contributed by atoms with Gasteiger partial charge in [0.25, 0.3) is 0 Å². The first-order valence-electron chi connectivity index (χ1n) is 9.65. The Morgan fingerprint density at radius 3 is 1.96 bits per heavy atom. The number of ether oxygens (including phenoxy) is 1. The summed E-state index contributed by atoms with van der Waals surface area (Å²) >= 11 is 0. The summed E-state index contributed by atoms with van der Waals surface area (Å²) in [4.78, 5) is 0. The van der Waals surface area contributed by atoms with Crippen molar-refractivity contribution in [2.24, 2.45) is 0 Å². The van der Waals surface area contributed by atoms with E-state index in [-0.39, 0.29) is 5.41 Å². The third kappa shape index (κ3) is 6.63. The van der Waals surface area contributed by atoms with E-state index in [1.807, 2.05) is 19.1 Å². The molecule has 2 rings (SSSR count). The molecule has 0 aliphatic heterocycles. The fourth-order valence-corrected chi connectivity index (χ4v) is 2.81. The van der Waals surface area contributed by atoms with Crippen LogP contribution in [-0.2, 0) is 16.6 Å². The molecule has 0 saturated heterocycles. The molecule has 1 N–H and O–H groups in total. The fraction of sp³-hybridized carbons (Fsp3) is 0.360. The largest absolute Gasteiger partial charge is 0.473 e. The summed E-state index contributed by atoms with van der Waals surface area (Å²) < 4.78 is 5.79. The minimum Gasteiger partial charge on any atom is -0.473 e. The Labute approximate surface area is 165 Å². The molecule has 0 saturated carbocycles. The van der Waals surface area contributed by atoms with Gasteiger partial charge in [-0.25, -0.2) is 0 Å². The molecule has 0 amide bonds. The van der Waals surface area contributed by atoms with Crippen LogP contribution >= 0.6 is 0 Å². The van der Waals surface area contributed by atoms with Gasteiger partial charge in [-0.2, -0.15) is 0 Å². The van der Waals surface area contributed by atoms with Crippen LogP contribution in [0.25, 0.3) is 0 Å². The van der Waals surface area contributed by atoms with E-state index in [9.17, 15) is 0 Å². The van der Waals surface area contributed by atoms with Gasteiger partial charge in [-0.15, -0.1) is 0 Å². The van der Waals surface area contributed by atoms with Gasteiger partial charge in [0.15, 0.2) is 6.73 Å². The molecular weight excluding hydrogens is 330 g/mol. The molecule has 0 aliphatic carbocycles. The van der Waals surface area contributed by atoms with Gasteiger partial charge in [0.1, 0.15) is 5.76 Å². The Hall–Kier alpha value is -2.48. The van der Waals surface area contributed by atoms with Gasteiger partial charge in [-0.3, -0.25) is 0 Å². The zero-order valence-electron chi connectivity index (χ0n) is 17.6. The van der Waals surface area contributed by atoms with Gasteiger partial charge in [-0.05, 0) is 73.1 Å². The highest BCUT2D eigenvalue weighted by molar-refractivity contribution is 5.45. The van der Waals surface area contributed by atoms with E-state index in [0.717, 1.165) is 17.9 Å². The highest BCUT2D eigenvalue weighted by atomic mass is 16.5. The zero-order chi connectivity index (χ0) is 19.9. The smallest absolute Gasteiger partial charge is 0.159 e. The van der Waals surface area contributed by atoms with Gasteiger partial charge < -0.3 is 10.1 Å². The van der Waals surface area contributed by atoms with Crippen LogP contribution in [0.3, 0.4) is 0 Å². The highest BCUT2D eigenvalue weighted by Gasteiger charge is 2.12. The molecule has 0 aromatic heterocycles. The normalized spacial score (nSPS) is 11.5. The fourth-order valence-electron chi connectivity index (χ4n) is 2.81. The van der Waals surface area contributed by atoms with Crippen molar-refractivity contribution in [2.45, 2.75) is 53.4 Å². The van der Waals surface area contributed by atoms with Crippen molar-refractivity contribution in [2.75, 3.05) is 12.0 Å². The quantitative estimate of drug-likeness (QED) is 0.331. The number of hydrogen-bond acceptors (Lipinski definition) is 2. The summed E-state index contributed by atoms with van der Waals surface area (Å²) in [5, 5.41) is 3.31. The topological polar surface area (TPSA) is 21.3 Å². The Bertz CT molecular complexity index is 771. The van der Waals surface area contributed by atoms with Gasteiger partial charge in [0, 0.05) is 5.69 Å². The lowest BCUT2D eigenvalue weighted by Gasteiger charge is -2.19. The first-order chi connectivity index (χ1) is 12.8. The van der Waals surface area contributed by atoms with Crippen LogP contribution in [0.15, 0.2) is 72.0 Å². The highest BCUT2D eigenvalue weighted by Crippen LogP contribution is 2.23. The van der Waals surface area contributed by atoms with Crippen molar-refractivity contribution in [1.82, 2.24) is 0 Å². The molecule has 0 spiro atoms. The van der Waals surface area contributed by atoms with Crippen molar-refractivity contribution in [3.8, 4) is 0 Å². The molecule has 144 valence electrons. The Balaban J connectivity index is 1.91. The molecular formula is C25H33NO. The SMILES string of the molecule is C/C=C\C(OCNc1ccc(Cc2ccc(C(C)(C)C)cc2)cc1)=C(C)C. The van der Waals surface area contributed by atoms with Crippen LogP contribution in [0.1, 0.15) is 58.2 Å². The second kappa shape index (κ2) is 9.45. The molecule has 2 aromatic carbocycles. The van der Waals surface area contributed by atoms with E-state index in [4.69, 9.17) is 4.74 Å². The maximum absolute atomic E-state index is 5.79. The maximum atomic E-state index is 5.79. The molecule has 2 nitrogen and oxygen atoms in total. The molecule has 0 radical (unpaired) electrons. The van der Waals surface area contributed by atoms with Crippen molar-refractivity contribution < 1.29 is 4.74 Å². The number of nitrogens with one attached hydrogen (secondary N) is 1. The predicted molar refractivity (Wildman–Crippen MR) is 117 cm³/mol. The first-order valence-corrected chi connectivity index (χ1v) is 9.65. The van der Waals surface area contributed by atoms with Crippen molar-refractivity contribution in [3.63, 3.8) is 0 Å². The summed E-state index contributed by atoms with van der Waals surface area (Å²) in [5.41, 5.74) is 6.46. The van der Waals surface area contributed by atoms with Crippen molar-refractivity contribution in [1.29, 1.82) is 0 Å². The van der Waals surface area contributed by atoms with Crippen LogP contribution in [0.5, 0.6) is 0 Å². The van der Waals surface area contributed by atoms with Gasteiger partial charge in [-0.1, -0.05) is 63.2 Å². The molecule has 0 unspecified atom stereocenters. The molecule has 2 aromatic rings. The third-order valence-electron chi connectivity index (χ3n) is 4.50. The minimum atomic E-state index is 0.201. The second-order valence-corrected chi connectivity index (χ2v) is 8.15. The van der Waals surface area contributed by atoms with E-state index in [0.29, 0.717) is 6.73 Å². The summed E-state index contributed by atoms with van der Waals surface area (Å²) in [6, 6.07) is 17.5. The average Bonchev–Trinajstić information content (AvgIpc) is 2.62. The van der Waals surface area contributed by atoms with Gasteiger partial charge in [0.05, 0.1) is 0 Å². The van der Waals surface area contributed by atoms with Crippen molar-refractivity contribution in [3.05, 3.63) is 88.7 Å². The van der Waals surface area contributed by atoms with Crippen LogP contribution in [0.2, 0.25) is 0 Å². The standard InChI is InChI=1S/C25H33NO/c1-7-8-24(19(2)3)27-18-26-23-15-11-21(12-16-23)17-20-9-13-22(14-10-20)25(4,5)6/h7-16,26H,17-18H2,1-6H3/b8-7-. The predicted octanol–water partition coefficient (Wildman–Crippen LogP) is 6.83. The molecule has 0 fully saturated rings. The monoisotopic (exact) mass is 363 g/mol. The Morgan fingerprint density at radius 2 is 1.48 bits per heavy atom. The molecule has 0 heterocycles. The van der Waals surface area contributed by atoms with E-state index in [2.05, 4.69) is 88.5 Å². The third-order valence-corrected chi connectivity index (χ3v) is 4.50. The lowest BCUT2D eigenvalue weighted by Crippen LogP contribution is -2.10. The molecule has 0 aliphatic rings. The van der Waals surface area contributed by atoms with Crippen LogP contribution in [0, 0.1) is 0 Å². The van der Waals surface area contributed by atoms with E-state index < -0.39 is 0 Å². The second-order valence-electron chi connectivity index (χ2n) is 8.15. The average molecular weight is 364 g/mol. The molecule has 0 atom stereocenters. The lowest BCUT2D eigenvalue weighted by atomic mass is 9.86. The van der Waals surface area contributed by atoms with Gasteiger partial charge >= 0.3 is 0 Å². The van der Waals surface area contributed by atoms with Crippen LogP contribution < -0.4 is 5.32 Å². The van der Waals surface area contributed by atoms with E-state index in [1.165, 1.54) is 22.3 Å². The van der Waals surface area contributed by atoms with Gasteiger partial charge in [0.2, 0.25) is 0 Å². The summed E-state index contributed by atoms with van der Waals surface area (Å²) in [5.74, 6) is 0.917. The number of hydrogen-bond donors (Lipinski definition) is 1.